The molecule has 7 heteroatoms. The normalized spacial score (nSPS) is 10.9. The molecule has 18 heavy (non-hydrogen) atoms. The monoisotopic (exact) mass is 434 g/mol. The van der Waals surface area contributed by atoms with Crippen LogP contribution in [0.2, 0.25) is 0 Å². The molecule has 1 heterocycles. The number of methoxy groups -OCH3 is 1. The zero-order valence-corrected chi connectivity index (χ0v) is 11.6. The van der Waals surface area contributed by atoms with E-state index in [0.29, 0.717) is 5.69 Å². The molecule has 0 atom stereocenters. The van der Waals surface area contributed by atoms with Gasteiger partial charge in [-0.3, -0.25) is 4.68 Å². The van der Waals surface area contributed by atoms with Crippen LogP contribution in [0.1, 0.15) is 5.56 Å². The van der Waals surface area contributed by atoms with E-state index in [1.54, 1.807) is 24.3 Å². The minimum atomic E-state index is -4.49. The van der Waals surface area contributed by atoms with Crippen molar-refractivity contribution in [3.8, 4) is 11.6 Å². The molecule has 0 aliphatic heterocycles. The standard InChI is InChI=1S/C11H8F3N2O.Ir/c1-17-10-9(11(12,13)14)7-16(15-10)8-5-3-2-4-6-8;/h2-5,7H,1H3;/q-1;. The van der Waals surface area contributed by atoms with E-state index in [0.717, 1.165) is 18.0 Å². The molecule has 0 aliphatic carbocycles. The first-order valence-corrected chi connectivity index (χ1v) is 4.70. The van der Waals surface area contributed by atoms with E-state index >= 15 is 0 Å². The predicted octanol–water partition coefficient (Wildman–Crippen LogP) is 2.70. The van der Waals surface area contributed by atoms with Crippen molar-refractivity contribution in [3.63, 3.8) is 0 Å². The SMILES string of the molecule is COc1nn(-c2[c-]cccc2)cc1C(F)(F)F.[Ir]. The first-order chi connectivity index (χ1) is 8.02. The number of benzene rings is 1. The van der Waals surface area contributed by atoms with Gasteiger partial charge in [-0.1, -0.05) is 0 Å². The minimum absolute atomic E-state index is 0. The zero-order chi connectivity index (χ0) is 12.5. The summed E-state index contributed by atoms with van der Waals surface area (Å²) in [5.74, 6) is -0.449. The van der Waals surface area contributed by atoms with Crippen LogP contribution in [0.5, 0.6) is 5.88 Å². The second-order valence-electron chi connectivity index (χ2n) is 3.24. The number of hydrogen-bond acceptors (Lipinski definition) is 2. The fraction of sp³-hybridized carbons (Fsp3) is 0.182. The van der Waals surface area contributed by atoms with Crippen LogP contribution in [-0.2, 0) is 26.3 Å². The fourth-order valence-electron chi connectivity index (χ4n) is 1.35. The number of para-hydroxylation sites is 1. The average Bonchev–Trinajstić information content (AvgIpc) is 2.74. The maximum absolute atomic E-state index is 12.6. The summed E-state index contributed by atoms with van der Waals surface area (Å²) in [5, 5.41) is 3.71. The van der Waals surface area contributed by atoms with E-state index < -0.39 is 17.6 Å². The van der Waals surface area contributed by atoms with Crippen molar-refractivity contribution in [3.05, 3.63) is 42.1 Å². The van der Waals surface area contributed by atoms with E-state index in [2.05, 4.69) is 15.9 Å². The van der Waals surface area contributed by atoms with Gasteiger partial charge in [-0.25, -0.2) is 0 Å². The van der Waals surface area contributed by atoms with Gasteiger partial charge in [0.05, 0.1) is 7.11 Å². The van der Waals surface area contributed by atoms with E-state index in [9.17, 15) is 13.2 Å². The van der Waals surface area contributed by atoms with Gasteiger partial charge >= 0.3 is 6.18 Å². The largest absolute Gasteiger partial charge is 0.479 e. The Kier molecular flexibility index (Phi) is 4.53. The smallest absolute Gasteiger partial charge is 0.423 e. The number of rotatable bonds is 2. The topological polar surface area (TPSA) is 27.1 Å². The molecule has 0 amide bonds. The molecule has 1 aromatic carbocycles. The van der Waals surface area contributed by atoms with Crippen LogP contribution in [0, 0.1) is 6.07 Å². The summed E-state index contributed by atoms with van der Waals surface area (Å²) in [4.78, 5) is 0. The van der Waals surface area contributed by atoms with Gasteiger partial charge < -0.3 is 4.74 Å². The molecule has 2 aromatic rings. The third-order valence-electron chi connectivity index (χ3n) is 2.12. The van der Waals surface area contributed by atoms with Crippen LogP contribution < -0.4 is 4.74 Å². The van der Waals surface area contributed by atoms with Gasteiger partial charge in [-0.2, -0.15) is 37.4 Å². The van der Waals surface area contributed by atoms with Gasteiger partial charge in [-0.15, -0.1) is 11.2 Å². The van der Waals surface area contributed by atoms with Crippen LogP contribution in [0.15, 0.2) is 30.5 Å². The molecule has 0 spiro atoms. The van der Waals surface area contributed by atoms with Crippen molar-refractivity contribution in [2.45, 2.75) is 6.18 Å². The third-order valence-corrected chi connectivity index (χ3v) is 2.12. The van der Waals surface area contributed by atoms with Gasteiger partial charge in [0.15, 0.2) is 0 Å². The quantitative estimate of drug-likeness (QED) is 0.682. The molecule has 3 nitrogen and oxygen atoms in total. The molecule has 1 radical (unpaired) electrons. The summed E-state index contributed by atoms with van der Waals surface area (Å²) in [5.41, 5.74) is -0.487. The van der Waals surface area contributed by atoms with Gasteiger partial charge in [-0.05, 0) is 5.69 Å². The van der Waals surface area contributed by atoms with Crippen molar-refractivity contribution < 1.29 is 38.0 Å². The number of hydrogen-bond donors (Lipinski definition) is 0. The van der Waals surface area contributed by atoms with E-state index in [1.165, 1.54) is 0 Å². The Bertz CT molecular complexity index is 511. The van der Waals surface area contributed by atoms with Crippen molar-refractivity contribution in [2.24, 2.45) is 0 Å². The molecule has 0 aliphatic rings. The molecule has 0 unspecified atom stereocenters. The Balaban J connectivity index is 0.00000162. The van der Waals surface area contributed by atoms with Crippen LogP contribution in [-0.4, -0.2) is 16.9 Å². The Morgan fingerprint density at radius 2 is 2.06 bits per heavy atom. The minimum Gasteiger partial charge on any atom is -0.479 e. The van der Waals surface area contributed by atoms with Crippen LogP contribution in [0.3, 0.4) is 0 Å². The third kappa shape index (κ3) is 2.91. The van der Waals surface area contributed by atoms with Gasteiger partial charge in [0.25, 0.3) is 0 Å². The first kappa shape index (κ1) is 14.7. The summed E-state index contributed by atoms with van der Waals surface area (Å²) >= 11 is 0. The summed E-state index contributed by atoms with van der Waals surface area (Å²) in [6.45, 7) is 0. The van der Waals surface area contributed by atoms with E-state index in [1.807, 2.05) is 0 Å². The second-order valence-corrected chi connectivity index (χ2v) is 3.24. The Labute approximate surface area is 115 Å². The van der Waals surface area contributed by atoms with Crippen molar-refractivity contribution >= 4 is 0 Å². The van der Waals surface area contributed by atoms with Gasteiger partial charge in [0.2, 0.25) is 5.88 Å². The van der Waals surface area contributed by atoms with Gasteiger partial charge in [0, 0.05) is 26.3 Å². The van der Waals surface area contributed by atoms with E-state index in [-0.39, 0.29) is 20.1 Å². The molecule has 0 saturated heterocycles. The molecular formula is C11H8F3IrN2O-. The number of ether oxygens (including phenoxy) is 1. The average molecular weight is 433 g/mol. The predicted molar refractivity (Wildman–Crippen MR) is 54.0 cm³/mol. The fourth-order valence-corrected chi connectivity index (χ4v) is 1.35. The summed E-state index contributed by atoms with van der Waals surface area (Å²) in [6, 6.07) is 9.38. The van der Waals surface area contributed by atoms with Gasteiger partial charge in [0.1, 0.15) is 5.56 Å². The molecule has 0 bridgehead atoms. The summed E-state index contributed by atoms with van der Waals surface area (Å²) < 4.78 is 43.6. The maximum atomic E-state index is 12.6. The van der Waals surface area contributed by atoms with Crippen molar-refractivity contribution in [1.82, 2.24) is 9.78 Å². The Morgan fingerprint density at radius 3 is 2.50 bits per heavy atom. The Hall–Kier alpha value is -1.33. The maximum Gasteiger partial charge on any atom is 0.423 e. The van der Waals surface area contributed by atoms with Crippen LogP contribution in [0.25, 0.3) is 5.69 Å². The zero-order valence-electron chi connectivity index (χ0n) is 9.16. The summed E-state index contributed by atoms with van der Waals surface area (Å²) in [7, 11) is 1.15. The molecule has 1 aromatic heterocycles. The van der Waals surface area contributed by atoms with Crippen molar-refractivity contribution in [2.75, 3.05) is 7.11 Å². The molecule has 0 fully saturated rings. The van der Waals surface area contributed by atoms with Crippen LogP contribution >= 0.6 is 0 Å². The first-order valence-electron chi connectivity index (χ1n) is 4.70. The molecular weight excluding hydrogens is 425 g/mol. The molecule has 0 saturated carbocycles. The van der Waals surface area contributed by atoms with Crippen LogP contribution in [0.4, 0.5) is 13.2 Å². The Morgan fingerprint density at radius 1 is 1.33 bits per heavy atom. The molecule has 2 rings (SSSR count). The number of alkyl halides is 3. The number of halogens is 3. The molecule has 99 valence electrons. The number of aromatic nitrogens is 2. The molecule has 0 N–H and O–H groups in total. The van der Waals surface area contributed by atoms with E-state index in [4.69, 9.17) is 0 Å². The summed E-state index contributed by atoms with van der Waals surface area (Å²) in [6.07, 6.45) is -3.61. The number of nitrogens with zero attached hydrogens (tertiary/aromatic N) is 2. The van der Waals surface area contributed by atoms with Crippen molar-refractivity contribution in [1.29, 1.82) is 0 Å². The second kappa shape index (κ2) is 5.54.